The summed E-state index contributed by atoms with van der Waals surface area (Å²) in [6, 6.07) is -0.0303. The molecular weight excluding hydrogens is 403 g/mol. The Hall–Kier alpha value is -0.600. The summed E-state index contributed by atoms with van der Waals surface area (Å²) in [5, 5.41) is 6.67. The first kappa shape index (κ1) is 23.7. The van der Waals surface area contributed by atoms with Crippen LogP contribution in [0.25, 0.3) is 0 Å². The number of nitrogens with zero attached hydrogens (tertiary/aromatic N) is 2. The van der Waals surface area contributed by atoms with Gasteiger partial charge >= 0.3 is 0 Å². The first-order chi connectivity index (χ1) is 12.7. The molecule has 4 aliphatic rings. The third-order valence-corrected chi connectivity index (χ3v) is 6.83. The zero-order valence-corrected chi connectivity index (χ0v) is 18.1. The second kappa shape index (κ2) is 10.4. The van der Waals surface area contributed by atoms with Crippen LogP contribution < -0.4 is 10.6 Å². The summed E-state index contributed by atoms with van der Waals surface area (Å²) in [5.74, 6) is 0.816. The van der Waals surface area contributed by atoms with E-state index in [1.807, 2.05) is 4.90 Å². The fraction of sp³-hybridized carbons (Fsp3) is 0.895. The van der Waals surface area contributed by atoms with Crippen molar-refractivity contribution in [1.82, 2.24) is 20.4 Å². The van der Waals surface area contributed by atoms with E-state index >= 15 is 0 Å². The van der Waals surface area contributed by atoms with E-state index in [9.17, 15) is 9.59 Å². The van der Waals surface area contributed by atoms with Crippen LogP contribution in [0, 0.1) is 11.3 Å². The summed E-state index contributed by atoms with van der Waals surface area (Å²) in [6.45, 7) is 7.51. The van der Waals surface area contributed by atoms with Gasteiger partial charge in [-0.2, -0.15) is 0 Å². The minimum Gasteiger partial charge on any atom is -0.379 e. The molecule has 0 bridgehead atoms. The van der Waals surface area contributed by atoms with Gasteiger partial charge in [-0.1, -0.05) is 12.8 Å². The Labute approximate surface area is 180 Å². The third kappa shape index (κ3) is 4.93. The smallest absolute Gasteiger partial charge is 0.228 e. The van der Waals surface area contributed by atoms with E-state index in [2.05, 4.69) is 15.5 Å². The van der Waals surface area contributed by atoms with Crippen LogP contribution in [0.15, 0.2) is 0 Å². The van der Waals surface area contributed by atoms with Crippen LogP contribution in [0.1, 0.15) is 32.1 Å². The number of hydrogen-bond acceptors (Lipinski definition) is 5. The number of likely N-dealkylation sites (tertiary alicyclic amines) is 1. The van der Waals surface area contributed by atoms with Gasteiger partial charge in [0.25, 0.3) is 0 Å². The molecule has 4 rings (SSSR count). The molecule has 3 aliphatic heterocycles. The monoisotopic (exact) mass is 436 g/mol. The van der Waals surface area contributed by atoms with Crippen LogP contribution in [0.4, 0.5) is 0 Å². The molecule has 0 radical (unpaired) electrons. The standard InChI is InChI=1S/C19H32N4O3.2ClH/c24-17-11-16(13-23(17)6-5-22-7-9-26-10-8-22)21-18(25)19-4-2-1-3-15(19)12-20-14-19;;/h15-16,20H,1-14H2,(H,21,25);2*1H/t15-,16?,19+;;/m0../s1. The van der Waals surface area contributed by atoms with E-state index in [4.69, 9.17) is 4.74 Å². The van der Waals surface area contributed by atoms with Gasteiger partial charge in [0.15, 0.2) is 0 Å². The Morgan fingerprint density at radius 1 is 1.21 bits per heavy atom. The van der Waals surface area contributed by atoms with Gasteiger partial charge in [-0.15, -0.1) is 24.8 Å². The lowest BCUT2D eigenvalue weighted by atomic mass is 9.67. The molecule has 0 spiro atoms. The zero-order valence-electron chi connectivity index (χ0n) is 16.5. The Bertz CT molecular complexity index is 547. The van der Waals surface area contributed by atoms with Gasteiger partial charge in [0.05, 0.1) is 24.7 Å². The van der Waals surface area contributed by atoms with Crippen molar-refractivity contribution >= 4 is 36.6 Å². The van der Waals surface area contributed by atoms with Gasteiger partial charge in [0.1, 0.15) is 0 Å². The minimum atomic E-state index is -0.234. The topological polar surface area (TPSA) is 73.9 Å². The molecule has 2 amide bonds. The Kier molecular flexibility index (Phi) is 8.82. The first-order valence-corrected chi connectivity index (χ1v) is 10.3. The molecular formula is C19H34Cl2N4O3. The highest BCUT2D eigenvalue weighted by molar-refractivity contribution is 5.86. The van der Waals surface area contributed by atoms with Gasteiger partial charge in [0, 0.05) is 45.7 Å². The largest absolute Gasteiger partial charge is 0.379 e. The van der Waals surface area contributed by atoms with Crippen molar-refractivity contribution in [3.05, 3.63) is 0 Å². The van der Waals surface area contributed by atoms with E-state index in [0.717, 1.165) is 71.7 Å². The van der Waals surface area contributed by atoms with Crippen molar-refractivity contribution < 1.29 is 14.3 Å². The molecule has 2 N–H and O–H groups in total. The average Bonchev–Trinajstić information content (AvgIpc) is 3.25. The molecule has 0 aromatic carbocycles. The Morgan fingerprint density at radius 3 is 2.79 bits per heavy atom. The summed E-state index contributed by atoms with van der Waals surface area (Å²) in [6.07, 6.45) is 4.95. The number of fused-ring (bicyclic) bond motifs is 1. The SMILES string of the molecule is Cl.Cl.O=C1CC(NC(=O)[C@@]23CCCC[C@H]2CNC3)CN1CCN1CCOCC1. The van der Waals surface area contributed by atoms with Crippen molar-refractivity contribution in [1.29, 1.82) is 0 Å². The van der Waals surface area contributed by atoms with Crippen LogP contribution in [0.5, 0.6) is 0 Å². The lowest BCUT2D eigenvalue weighted by molar-refractivity contribution is -0.134. The molecule has 4 fully saturated rings. The molecule has 3 saturated heterocycles. The van der Waals surface area contributed by atoms with Crippen LogP contribution >= 0.6 is 24.8 Å². The van der Waals surface area contributed by atoms with Crippen molar-refractivity contribution in [2.24, 2.45) is 11.3 Å². The van der Waals surface area contributed by atoms with Crippen molar-refractivity contribution in [2.45, 2.75) is 38.1 Å². The minimum absolute atomic E-state index is 0. The van der Waals surface area contributed by atoms with Gasteiger partial charge in [0.2, 0.25) is 11.8 Å². The van der Waals surface area contributed by atoms with E-state index in [-0.39, 0.29) is 48.1 Å². The van der Waals surface area contributed by atoms with Crippen LogP contribution in [0.3, 0.4) is 0 Å². The summed E-state index contributed by atoms with van der Waals surface area (Å²) >= 11 is 0. The molecule has 162 valence electrons. The lowest BCUT2D eigenvalue weighted by Crippen LogP contribution is -2.51. The molecule has 3 atom stereocenters. The van der Waals surface area contributed by atoms with Crippen molar-refractivity contribution in [3.63, 3.8) is 0 Å². The van der Waals surface area contributed by atoms with Crippen LogP contribution in [-0.4, -0.2) is 86.7 Å². The predicted molar refractivity (Wildman–Crippen MR) is 112 cm³/mol. The zero-order chi connectivity index (χ0) is 18.0. The van der Waals surface area contributed by atoms with Gasteiger partial charge in [-0.3, -0.25) is 14.5 Å². The maximum absolute atomic E-state index is 13.1. The van der Waals surface area contributed by atoms with Gasteiger partial charge in [-0.05, 0) is 25.3 Å². The fourth-order valence-corrected chi connectivity index (χ4v) is 5.19. The second-order valence-electron chi connectivity index (χ2n) is 8.40. The number of hydrogen-bond donors (Lipinski definition) is 2. The summed E-state index contributed by atoms with van der Waals surface area (Å²) in [5.41, 5.74) is -0.234. The fourth-order valence-electron chi connectivity index (χ4n) is 5.19. The molecule has 28 heavy (non-hydrogen) atoms. The molecule has 1 aliphatic carbocycles. The number of rotatable bonds is 5. The Balaban J connectivity index is 0.00000140. The number of halogens is 2. The number of ether oxygens (including phenoxy) is 1. The van der Waals surface area contributed by atoms with E-state index < -0.39 is 0 Å². The lowest BCUT2D eigenvalue weighted by Gasteiger charge is -2.37. The quantitative estimate of drug-likeness (QED) is 0.661. The molecule has 9 heteroatoms. The molecule has 7 nitrogen and oxygen atoms in total. The van der Waals surface area contributed by atoms with Crippen molar-refractivity contribution in [3.8, 4) is 0 Å². The number of nitrogens with one attached hydrogen (secondary N) is 2. The third-order valence-electron chi connectivity index (χ3n) is 6.83. The van der Waals surface area contributed by atoms with Crippen LogP contribution in [-0.2, 0) is 14.3 Å². The maximum Gasteiger partial charge on any atom is 0.228 e. The first-order valence-electron chi connectivity index (χ1n) is 10.3. The number of carbonyl (C=O) groups is 2. The maximum atomic E-state index is 13.1. The van der Waals surface area contributed by atoms with Gasteiger partial charge in [-0.25, -0.2) is 0 Å². The number of amides is 2. The van der Waals surface area contributed by atoms with E-state index in [1.54, 1.807) is 0 Å². The van der Waals surface area contributed by atoms with E-state index in [1.165, 1.54) is 6.42 Å². The normalized spacial score (nSPS) is 33.0. The molecule has 3 heterocycles. The molecule has 0 aromatic rings. The molecule has 1 saturated carbocycles. The van der Waals surface area contributed by atoms with Crippen LogP contribution in [0.2, 0.25) is 0 Å². The Morgan fingerprint density at radius 2 is 2.00 bits per heavy atom. The summed E-state index contributed by atoms with van der Waals surface area (Å²) < 4.78 is 5.37. The number of carbonyl (C=O) groups excluding carboxylic acids is 2. The highest BCUT2D eigenvalue weighted by Gasteiger charge is 2.50. The van der Waals surface area contributed by atoms with Crippen molar-refractivity contribution in [2.75, 3.05) is 59.0 Å². The summed E-state index contributed by atoms with van der Waals surface area (Å²) in [4.78, 5) is 29.7. The highest BCUT2D eigenvalue weighted by Crippen LogP contribution is 2.44. The molecule has 0 aromatic heterocycles. The van der Waals surface area contributed by atoms with Gasteiger partial charge < -0.3 is 20.3 Å². The molecule has 1 unspecified atom stereocenters. The predicted octanol–water partition coefficient (Wildman–Crippen LogP) is 0.659. The second-order valence-corrected chi connectivity index (χ2v) is 8.40. The number of morpholine rings is 1. The summed E-state index contributed by atoms with van der Waals surface area (Å²) in [7, 11) is 0. The van der Waals surface area contributed by atoms with E-state index in [0.29, 0.717) is 18.9 Å². The average molecular weight is 437 g/mol. The highest BCUT2D eigenvalue weighted by atomic mass is 35.5.